The van der Waals surface area contributed by atoms with Gasteiger partial charge in [-0.15, -0.1) is 0 Å². The molecule has 0 bridgehead atoms. The molecule has 0 radical (unpaired) electrons. The Labute approximate surface area is 158 Å². The highest BCUT2D eigenvalue weighted by Crippen LogP contribution is 2.12. The monoisotopic (exact) mass is 373 g/mol. The van der Waals surface area contributed by atoms with E-state index in [1.807, 2.05) is 27.7 Å². The highest BCUT2D eigenvalue weighted by atomic mass is 16.2. The topological polar surface area (TPSA) is 105 Å². The summed E-state index contributed by atoms with van der Waals surface area (Å²) in [4.78, 5) is 40.7. The molecule has 3 N–H and O–H groups in total. The number of amides is 2. The molecule has 2 amide bonds. The standard InChI is InChI=1S/C19H27N5O3/c1-5-24-16(26)13-9-6-7-10-14(13)21-18(24)23-22-15(25)11-8-12-20-17(27)19(2,3)4/h6-7,9-10H,5,8,11-12H2,1-4H3,(H,20,27)(H,21,23)(H,22,25). The van der Waals surface area contributed by atoms with E-state index in [0.717, 1.165) is 0 Å². The summed E-state index contributed by atoms with van der Waals surface area (Å²) in [5.41, 5.74) is 5.25. The third kappa shape index (κ3) is 5.29. The molecule has 27 heavy (non-hydrogen) atoms. The van der Waals surface area contributed by atoms with Crippen LogP contribution < -0.4 is 21.7 Å². The fraction of sp³-hybridized carbons (Fsp3) is 0.474. The van der Waals surface area contributed by atoms with Gasteiger partial charge in [0, 0.05) is 24.9 Å². The Bertz CT molecular complexity index is 883. The van der Waals surface area contributed by atoms with Crippen molar-refractivity contribution in [3.8, 4) is 0 Å². The number of nitrogens with one attached hydrogen (secondary N) is 3. The van der Waals surface area contributed by atoms with Crippen molar-refractivity contribution >= 4 is 28.7 Å². The highest BCUT2D eigenvalue weighted by molar-refractivity contribution is 5.81. The van der Waals surface area contributed by atoms with Crippen LogP contribution in [0.5, 0.6) is 0 Å². The minimum Gasteiger partial charge on any atom is -0.356 e. The van der Waals surface area contributed by atoms with Gasteiger partial charge in [0.2, 0.25) is 17.8 Å². The number of rotatable bonds is 7. The molecule has 0 spiro atoms. The molecule has 0 unspecified atom stereocenters. The lowest BCUT2D eigenvalue weighted by Gasteiger charge is -2.17. The summed E-state index contributed by atoms with van der Waals surface area (Å²) in [6.45, 7) is 8.20. The van der Waals surface area contributed by atoms with Crippen LogP contribution in [0.2, 0.25) is 0 Å². The van der Waals surface area contributed by atoms with Crippen LogP contribution in [0.15, 0.2) is 29.1 Å². The fourth-order valence-corrected chi connectivity index (χ4v) is 2.46. The Kier molecular flexibility index (Phi) is 6.55. The van der Waals surface area contributed by atoms with Crippen molar-refractivity contribution in [2.75, 3.05) is 12.0 Å². The smallest absolute Gasteiger partial charge is 0.262 e. The Morgan fingerprint density at radius 3 is 2.56 bits per heavy atom. The molecule has 0 aliphatic rings. The molecule has 1 aromatic carbocycles. The van der Waals surface area contributed by atoms with Crippen LogP contribution in [0.1, 0.15) is 40.5 Å². The highest BCUT2D eigenvalue weighted by Gasteiger charge is 2.20. The lowest BCUT2D eigenvalue weighted by atomic mass is 9.96. The molecule has 146 valence electrons. The van der Waals surface area contributed by atoms with E-state index in [-0.39, 0.29) is 29.7 Å². The van der Waals surface area contributed by atoms with Crippen LogP contribution >= 0.6 is 0 Å². The number of fused-ring (bicyclic) bond motifs is 1. The number of nitrogens with zero attached hydrogens (tertiary/aromatic N) is 2. The average molecular weight is 373 g/mol. The summed E-state index contributed by atoms with van der Waals surface area (Å²) in [6.07, 6.45) is 0.752. The number of carbonyl (C=O) groups excluding carboxylic acids is 2. The number of hydrazine groups is 1. The van der Waals surface area contributed by atoms with Gasteiger partial charge in [-0.05, 0) is 25.5 Å². The Morgan fingerprint density at radius 1 is 1.19 bits per heavy atom. The second kappa shape index (κ2) is 8.66. The second-order valence-corrected chi connectivity index (χ2v) is 7.28. The maximum Gasteiger partial charge on any atom is 0.262 e. The van der Waals surface area contributed by atoms with Gasteiger partial charge in [-0.25, -0.2) is 4.98 Å². The number of carbonyl (C=O) groups is 2. The van der Waals surface area contributed by atoms with Crippen molar-refractivity contribution < 1.29 is 9.59 Å². The van der Waals surface area contributed by atoms with Gasteiger partial charge in [0.15, 0.2) is 0 Å². The summed E-state index contributed by atoms with van der Waals surface area (Å²) in [5.74, 6) is -0.00554. The van der Waals surface area contributed by atoms with E-state index < -0.39 is 5.41 Å². The molecule has 8 nitrogen and oxygen atoms in total. The van der Waals surface area contributed by atoms with Gasteiger partial charge < -0.3 is 5.32 Å². The minimum absolute atomic E-state index is 0.0478. The lowest BCUT2D eigenvalue weighted by Crippen LogP contribution is -2.37. The van der Waals surface area contributed by atoms with E-state index in [4.69, 9.17) is 0 Å². The molecule has 0 saturated heterocycles. The van der Waals surface area contributed by atoms with Gasteiger partial charge in [0.25, 0.3) is 5.56 Å². The zero-order valence-corrected chi connectivity index (χ0v) is 16.3. The third-order valence-electron chi connectivity index (χ3n) is 4.04. The largest absolute Gasteiger partial charge is 0.356 e. The van der Waals surface area contributed by atoms with E-state index in [2.05, 4.69) is 21.2 Å². The lowest BCUT2D eigenvalue weighted by molar-refractivity contribution is -0.128. The van der Waals surface area contributed by atoms with Crippen LogP contribution in [0.3, 0.4) is 0 Å². The summed E-state index contributed by atoms with van der Waals surface area (Å²) < 4.78 is 1.46. The van der Waals surface area contributed by atoms with E-state index in [1.54, 1.807) is 24.3 Å². The molecule has 2 rings (SSSR count). The molecule has 2 aromatic rings. The third-order valence-corrected chi connectivity index (χ3v) is 4.04. The SMILES string of the molecule is CCn1c(NNC(=O)CCCNC(=O)C(C)(C)C)nc2ccccc2c1=O. The first-order valence-corrected chi connectivity index (χ1v) is 9.06. The van der Waals surface area contributed by atoms with Gasteiger partial charge in [-0.3, -0.25) is 29.8 Å². The van der Waals surface area contributed by atoms with Crippen molar-refractivity contribution in [1.29, 1.82) is 0 Å². The summed E-state index contributed by atoms with van der Waals surface area (Å²) >= 11 is 0. The Hall–Kier alpha value is -2.90. The second-order valence-electron chi connectivity index (χ2n) is 7.28. The molecule has 0 atom stereocenters. The molecular formula is C19H27N5O3. The molecule has 1 aromatic heterocycles. The van der Waals surface area contributed by atoms with Crippen molar-refractivity contribution in [3.63, 3.8) is 0 Å². The summed E-state index contributed by atoms with van der Waals surface area (Å²) in [7, 11) is 0. The van der Waals surface area contributed by atoms with Crippen LogP contribution in [-0.4, -0.2) is 27.9 Å². The predicted molar refractivity (Wildman–Crippen MR) is 105 cm³/mol. The maximum atomic E-state index is 12.5. The molecule has 0 saturated carbocycles. The van der Waals surface area contributed by atoms with E-state index in [9.17, 15) is 14.4 Å². The molecular weight excluding hydrogens is 346 g/mol. The minimum atomic E-state index is -0.449. The number of benzene rings is 1. The molecule has 0 aliphatic heterocycles. The number of hydrogen-bond donors (Lipinski definition) is 3. The predicted octanol–water partition coefficient (Wildman–Crippen LogP) is 1.80. The number of aromatic nitrogens is 2. The first-order chi connectivity index (χ1) is 12.7. The van der Waals surface area contributed by atoms with Crippen LogP contribution in [0, 0.1) is 5.41 Å². The zero-order chi connectivity index (χ0) is 20.0. The normalized spacial score (nSPS) is 11.3. The van der Waals surface area contributed by atoms with Crippen LogP contribution in [0.4, 0.5) is 5.95 Å². The number of para-hydroxylation sites is 1. The van der Waals surface area contributed by atoms with Crippen molar-refractivity contribution in [2.45, 2.75) is 47.1 Å². The number of anilines is 1. The Morgan fingerprint density at radius 2 is 1.89 bits per heavy atom. The summed E-state index contributed by atoms with van der Waals surface area (Å²) in [5, 5.41) is 3.33. The van der Waals surface area contributed by atoms with Crippen LogP contribution in [0.25, 0.3) is 10.9 Å². The van der Waals surface area contributed by atoms with E-state index in [1.165, 1.54) is 4.57 Å². The van der Waals surface area contributed by atoms with Crippen LogP contribution in [-0.2, 0) is 16.1 Å². The Balaban J connectivity index is 1.92. The molecule has 0 fully saturated rings. The van der Waals surface area contributed by atoms with Gasteiger partial charge in [0.1, 0.15) is 0 Å². The van der Waals surface area contributed by atoms with Gasteiger partial charge in [-0.2, -0.15) is 0 Å². The molecule has 1 heterocycles. The average Bonchev–Trinajstić information content (AvgIpc) is 2.62. The molecule has 8 heteroatoms. The van der Waals surface area contributed by atoms with Gasteiger partial charge >= 0.3 is 0 Å². The summed E-state index contributed by atoms with van der Waals surface area (Å²) in [6, 6.07) is 7.07. The van der Waals surface area contributed by atoms with Crippen molar-refractivity contribution in [1.82, 2.24) is 20.3 Å². The quantitative estimate of drug-likeness (QED) is 0.507. The first kappa shape index (κ1) is 20.4. The number of hydrogen-bond acceptors (Lipinski definition) is 5. The maximum absolute atomic E-state index is 12.5. The van der Waals surface area contributed by atoms with E-state index >= 15 is 0 Å². The zero-order valence-electron chi connectivity index (χ0n) is 16.3. The van der Waals surface area contributed by atoms with Gasteiger partial charge in [-0.1, -0.05) is 32.9 Å². The fourth-order valence-electron chi connectivity index (χ4n) is 2.46. The van der Waals surface area contributed by atoms with E-state index in [0.29, 0.717) is 30.4 Å². The van der Waals surface area contributed by atoms with Crippen molar-refractivity contribution in [2.24, 2.45) is 5.41 Å². The van der Waals surface area contributed by atoms with Gasteiger partial charge in [0.05, 0.1) is 10.9 Å². The molecule has 0 aliphatic carbocycles. The first-order valence-electron chi connectivity index (χ1n) is 9.06. The van der Waals surface area contributed by atoms with Crippen molar-refractivity contribution in [3.05, 3.63) is 34.6 Å².